The maximum Gasteiger partial charge on any atom is 0.258 e. The fourth-order valence-corrected chi connectivity index (χ4v) is 4.75. The molecule has 0 saturated heterocycles. The van der Waals surface area contributed by atoms with Gasteiger partial charge in [-0.2, -0.15) is 0 Å². The normalized spacial score (nSPS) is 10.9. The average molecular weight is 593 g/mol. The number of rotatable bonds is 10. The highest BCUT2D eigenvalue weighted by Gasteiger charge is 2.18. The largest absolute Gasteiger partial charge is 0.488 e. The van der Waals surface area contributed by atoms with Gasteiger partial charge in [0, 0.05) is 36.3 Å². The van der Waals surface area contributed by atoms with Gasteiger partial charge in [0.05, 0.1) is 28.4 Å². The van der Waals surface area contributed by atoms with Gasteiger partial charge in [-0.1, -0.05) is 23.5 Å². The van der Waals surface area contributed by atoms with Crippen molar-refractivity contribution in [3.05, 3.63) is 95.9 Å². The van der Waals surface area contributed by atoms with Crippen LogP contribution in [-0.4, -0.2) is 41.2 Å². The summed E-state index contributed by atoms with van der Waals surface area (Å²) in [5, 5.41) is 5.83. The van der Waals surface area contributed by atoms with E-state index in [0.717, 1.165) is 18.2 Å². The number of hydrogen-bond acceptors (Lipinski definition) is 9. The Morgan fingerprint density at radius 1 is 0.952 bits per heavy atom. The number of methoxy groups -OCH3 is 1. The van der Waals surface area contributed by atoms with Crippen molar-refractivity contribution in [2.24, 2.45) is 0 Å². The van der Waals surface area contributed by atoms with Crippen LogP contribution in [0.2, 0.25) is 0 Å². The number of halogens is 3. The molecule has 1 amide bonds. The first kappa shape index (κ1) is 28.5. The van der Waals surface area contributed by atoms with Crippen LogP contribution in [0.4, 0.5) is 35.6 Å². The Hall–Kier alpha value is -5.01. The fourth-order valence-electron chi connectivity index (χ4n) is 3.93. The molecule has 0 saturated carbocycles. The van der Waals surface area contributed by atoms with Crippen molar-refractivity contribution >= 4 is 39.7 Å². The smallest absolute Gasteiger partial charge is 0.258 e. The van der Waals surface area contributed by atoms with Crippen molar-refractivity contribution in [3.63, 3.8) is 0 Å². The fraction of sp³-hybridized carbons (Fsp3) is 0.103. The topological polar surface area (TPSA) is 124 Å². The van der Waals surface area contributed by atoms with E-state index in [1.807, 2.05) is 0 Å². The first-order valence-corrected chi connectivity index (χ1v) is 13.3. The van der Waals surface area contributed by atoms with Crippen LogP contribution in [0, 0.1) is 17.5 Å². The zero-order chi connectivity index (χ0) is 29.6. The van der Waals surface area contributed by atoms with Crippen LogP contribution in [0.3, 0.4) is 0 Å². The number of nitrogen functional groups attached to an aromatic ring is 1. The number of nitrogens with two attached hydrogens (primary N) is 1. The number of nitrogens with zero attached hydrogens (tertiary/aromatic N) is 3. The molecular weight excluding hydrogens is 569 g/mol. The Bertz CT molecular complexity index is 1750. The zero-order valence-electron chi connectivity index (χ0n) is 22.0. The predicted molar refractivity (Wildman–Crippen MR) is 154 cm³/mol. The number of amides is 1. The molecule has 214 valence electrons. The second-order valence-corrected chi connectivity index (χ2v) is 9.80. The predicted octanol–water partition coefficient (Wildman–Crippen LogP) is 6.29. The highest BCUT2D eigenvalue weighted by molar-refractivity contribution is 7.19. The highest BCUT2D eigenvalue weighted by Crippen LogP contribution is 2.38. The molecule has 4 N–H and O–H groups in total. The SMILES string of the molecule is COCCOc1ccc(Nc2nccc(-c3sc(N)nc3-c3cccc(NC(=O)c4cc(F)ccc4F)c3)n2)cc1F. The molecule has 0 atom stereocenters. The summed E-state index contributed by atoms with van der Waals surface area (Å²) in [6.45, 7) is 0.546. The van der Waals surface area contributed by atoms with Gasteiger partial charge in [0.25, 0.3) is 5.91 Å². The van der Waals surface area contributed by atoms with Crippen LogP contribution >= 0.6 is 11.3 Å². The minimum absolute atomic E-state index is 0.0940. The Balaban J connectivity index is 1.37. The molecule has 0 aliphatic heterocycles. The highest BCUT2D eigenvalue weighted by atomic mass is 32.1. The van der Waals surface area contributed by atoms with Crippen LogP contribution in [0.1, 0.15) is 10.4 Å². The number of aromatic nitrogens is 3. The van der Waals surface area contributed by atoms with E-state index < -0.39 is 28.9 Å². The standard InChI is InChI=1S/C29H23F3N6O3S/c1-40-11-12-41-24-8-6-19(15-22(24)32)36-29-34-10-9-23(37-29)26-25(38-28(33)42-26)16-3-2-4-18(13-16)35-27(39)20-14-17(30)5-7-21(20)31/h2-10,13-15H,11-12H2,1H3,(H2,33,38)(H,35,39)(H,34,36,37). The first-order valence-electron chi connectivity index (χ1n) is 12.5. The lowest BCUT2D eigenvalue weighted by molar-refractivity contribution is 0.102. The van der Waals surface area contributed by atoms with Gasteiger partial charge in [-0.05, 0) is 48.5 Å². The minimum atomic E-state index is -0.845. The first-order chi connectivity index (χ1) is 20.3. The monoisotopic (exact) mass is 592 g/mol. The van der Waals surface area contributed by atoms with E-state index in [1.165, 1.54) is 36.8 Å². The van der Waals surface area contributed by atoms with E-state index in [4.69, 9.17) is 15.2 Å². The molecule has 9 nitrogen and oxygen atoms in total. The Kier molecular flexibility index (Phi) is 8.60. The van der Waals surface area contributed by atoms with E-state index in [9.17, 15) is 18.0 Å². The number of nitrogens with one attached hydrogen (secondary N) is 2. The average Bonchev–Trinajstić information content (AvgIpc) is 3.37. The van der Waals surface area contributed by atoms with E-state index in [2.05, 4.69) is 25.6 Å². The summed E-state index contributed by atoms with van der Waals surface area (Å²) in [4.78, 5) is 26.4. The lowest BCUT2D eigenvalue weighted by Crippen LogP contribution is -2.14. The summed E-state index contributed by atoms with van der Waals surface area (Å²) < 4.78 is 52.4. The number of carbonyl (C=O) groups is 1. The van der Waals surface area contributed by atoms with E-state index in [0.29, 0.717) is 39.8 Å². The van der Waals surface area contributed by atoms with Crippen LogP contribution in [0.5, 0.6) is 5.75 Å². The molecule has 5 rings (SSSR count). The van der Waals surface area contributed by atoms with Gasteiger partial charge in [-0.3, -0.25) is 4.79 Å². The quantitative estimate of drug-likeness (QED) is 0.162. The number of thiazole rings is 1. The number of benzene rings is 3. The van der Waals surface area contributed by atoms with Gasteiger partial charge in [-0.15, -0.1) is 0 Å². The van der Waals surface area contributed by atoms with Gasteiger partial charge in [0.1, 0.15) is 18.2 Å². The van der Waals surface area contributed by atoms with Gasteiger partial charge < -0.3 is 25.8 Å². The van der Waals surface area contributed by atoms with Crippen molar-refractivity contribution in [2.45, 2.75) is 0 Å². The van der Waals surface area contributed by atoms with Crippen LogP contribution in [0.25, 0.3) is 21.8 Å². The number of anilines is 4. The van der Waals surface area contributed by atoms with E-state index in [1.54, 1.807) is 36.4 Å². The van der Waals surface area contributed by atoms with Crippen molar-refractivity contribution < 1.29 is 27.4 Å². The third kappa shape index (κ3) is 6.65. The molecule has 42 heavy (non-hydrogen) atoms. The number of ether oxygens (including phenoxy) is 2. The summed E-state index contributed by atoms with van der Waals surface area (Å²) in [7, 11) is 1.53. The molecule has 3 aromatic carbocycles. The summed E-state index contributed by atoms with van der Waals surface area (Å²) in [5.41, 5.74) is 7.95. The molecule has 0 aliphatic rings. The molecule has 0 bridgehead atoms. The molecule has 2 aromatic heterocycles. The summed E-state index contributed by atoms with van der Waals surface area (Å²) in [6, 6.07) is 15.4. The summed E-state index contributed by atoms with van der Waals surface area (Å²) in [5.74, 6) is -2.64. The minimum Gasteiger partial charge on any atom is -0.488 e. The van der Waals surface area contributed by atoms with Gasteiger partial charge in [0.15, 0.2) is 16.7 Å². The van der Waals surface area contributed by atoms with Gasteiger partial charge >= 0.3 is 0 Å². The molecule has 13 heteroatoms. The maximum absolute atomic E-state index is 14.5. The molecule has 0 radical (unpaired) electrons. The number of hydrogen-bond donors (Lipinski definition) is 3. The van der Waals surface area contributed by atoms with Crippen molar-refractivity contribution in [1.29, 1.82) is 0 Å². The Morgan fingerprint density at radius 2 is 1.81 bits per heavy atom. The Labute approximate surface area is 242 Å². The van der Waals surface area contributed by atoms with Crippen molar-refractivity contribution in [1.82, 2.24) is 15.0 Å². The van der Waals surface area contributed by atoms with Crippen molar-refractivity contribution in [2.75, 3.05) is 36.7 Å². The third-order valence-corrected chi connectivity index (χ3v) is 6.74. The van der Waals surface area contributed by atoms with Crippen LogP contribution in [-0.2, 0) is 4.74 Å². The van der Waals surface area contributed by atoms with E-state index in [-0.39, 0.29) is 23.4 Å². The van der Waals surface area contributed by atoms with Gasteiger partial charge in [-0.25, -0.2) is 28.1 Å². The Morgan fingerprint density at radius 3 is 2.62 bits per heavy atom. The molecule has 0 spiro atoms. The second kappa shape index (κ2) is 12.7. The van der Waals surface area contributed by atoms with Crippen LogP contribution < -0.4 is 21.1 Å². The molecule has 2 heterocycles. The lowest BCUT2D eigenvalue weighted by atomic mass is 10.1. The molecule has 0 fully saturated rings. The van der Waals surface area contributed by atoms with Crippen molar-refractivity contribution in [3.8, 4) is 27.6 Å². The summed E-state index contributed by atoms with van der Waals surface area (Å²) in [6.07, 6.45) is 1.53. The second-order valence-electron chi connectivity index (χ2n) is 8.77. The lowest BCUT2D eigenvalue weighted by Gasteiger charge is -2.10. The van der Waals surface area contributed by atoms with Crippen LogP contribution in [0.15, 0.2) is 72.9 Å². The third-order valence-electron chi connectivity index (χ3n) is 5.83. The molecule has 0 unspecified atom stereocenters. The maximum atomic E-state index is 14.5. The summed E-state index contributed by atoms with van der Waals surface area (Å²) >= 11 is 1.19. The molecular formula is C29H23F3N6O3S. The zero-order valence-corrected chi connectivity index (χ0v) is 22.8. The molecule has 5 aromatic rings. The molecule has 0 aliphatic carbocycles. The van der Waals surface area contributed by atoms with Gasteiger partial charge in [0.2, 0.25) is 5.95 Å². The number of carbonyl (C=O) groups excluding carboxylic acids is 1. The van der Waals surface area contributed by atoms with E-state index >= 15 is 0 Å².